The molecule has 8 heteroatoms. The molecule has 0 radical (unpaired) electrons. The fourth-order valence-corrected chi connectivity index (χ4v) is 2.46. The molecule has 0 aliphatic carbocycles. The maximum atomic E-state index is 13.5. The highest BCUT2D eigenvalue weighted by molar-refractivity contribution is 5.96. The number of nitrogens with zero attached hydrogens (tertiary/aromatic N) is 3. The minimum atomic E-state index is -4.66. The molecule has 0 unspecified atom stereocenters. The van der Waals surface area contributed by atoms with Crippen molar-refractivity contribution >= 4 is 11.6 Å². The van der Waals surface area contributed by atoms with Gasteiger partial charge in [0.25, 0.3) is 0 Å². The van der Waals surface area contributed by atoms with E-state index >= 15 is 0 Å². The Labute approximate surface area is 147 Å². The van der Waals surface area contributed by atoms with Crippen LogP contribution in [0.4, 0.5) is 13.2 Å². The van der Waals surface area contributed by atoms with Crippen molar-refractivity contribution in [2.75, 3.05) is 0 Å². The van der Waals surface area contributed by atoms with Crippen molar-refractivity contribution in [1.82, 2.24) is 14.6 Å². The van der Waals surface area contributed by atoms with Crippen LogP contribution in [-0.2, 0) is 10.9 Å². The van der Waals surface area contributed by atoms with Crippen LogP contribution in [0.3, 0.4) is 0 Å². The first-order chi connectivity index (χ1) is 12.2. The molecule has 3 aromatic rings. The highest BCUT2D eigenvalue weighted by Crippen LogP contribution is 2.33. The Morgan fingerprint density at radius 2 is 1.85 bits per heavy atom. The number of rotatable bonds is 3. The Hall–Kier alpha value is -2.90. The number of esters is 1. The van der Waals surface area contributed by atoms with Gasteiger partial charge in [-0.3, -0.25) is 0 Å². The zero-order valence-corrected chi connectivity index (χ0v) is 14.3. The minimum Gasteiger partial charge on any atom is -0.459 e. The van der Waals surface area contributed by atoms with Gasteiger partial charge in [0.2, 0.25) is 0 Å². The van der Waals surface area contributed by atoms with Crippen molar-refractivity contribution < 1.29 is 22.7 Å². The second kappa shape index (κ2) is 6.44. The number of carbonyl (C=O) groups excluding carboxylic acids is 1. The number of aryl methyl sites for hydroxylation is 1. The maximum Gasteiger partial charge on any atom is 0.433 e. The van der Waals surface area contributed by atoms with Crippen LogP contribution in [0.25, 0.3) is 16.9 Å². The fraction of sp³-hybridized carbons (Fsp3) is 0.278. The molecule has 0 aliphatic heterocycles. The molecular weight excluding hydrogens is 347 g/mol. The van der Waals surface area contributed by atoms with E-state index in [0.717, 1.165) is 17.8 Å². The third-order valence-electron chi connectivity index (χ3n) is 3.67. The van der Waals surface area contributed by atoms with Gasteiger partial charge in [0, 0.05) is 5.56 Å². The Bertz CT molecular complexity index is 960. The molecule has 1 aromatic carbocycles. The van der Waals surface area contributed by atoms with Crippen molar-refractivity contribution in [2.45, 2.75) is 33.1 Å². The van der Waals surface area contributed by atoms with Crippen molar-refractivity contribution in [3.63, 3.8) is 0 Å². The van der Waals surface area contributed by atoms with Gasteiger partial charge in [0.15, 0.2) is 11.3 Å². The molecule has 0 aliphatic rings. The highest BCUT2D eigenvalue weighted by atomic mass is 19.4. The van der Waals surface area contributed by atoms with Crippen molar-refractivity contribution in [2.24, 2.45) is 0 Å². The zero-order chi connectivity index (χ0) is 19.1. The molecule has 3 rings (SSSR count). The third-order valence-corrected chi connectivity index (χ3v) is 3.67. The Balaban J connectivity index is 2.24. The van der Waals surface area contributed by atoms with Gasteiger partial charge < -0.3 is 4.74 Å². The number of carbonyl (C=O) groups is 1. The largest absolute Gasteiger partial charge is 0.459 e. The summed E-state index contributed by atoms with van der Waals surface area (Å²) in [6.07, 6.45) is -4.03. The average molecular weight is 363 g/mol. The standard InChI is InChI=1S/C18H16F3N3O2/c1-10(2)26-17(25)13-9-22-24-15(18(19,20)21)8-14(23-16(13)24)12-6-4-11(3)5-7-12/h4-10H,1-3H3. The predicted molar refractivity (Wildman–Crippen MR) is 88.7 cm³/mol. The molecule has 26 heavy (non-hydrogen) atoms. The van der Waals surface area contributed by atoms with Crippen LogP contribution in [-0.4, -0.2) is 26.7 Å². The van der Waals surface area contributed by atoms with Gasteiger partial charge in [0.1, 0.15) is 5.56 Å². The number of halogens is 3. The Kier molecular flexibility index (Phi) is 4.43. The summed E-state index contributed by atoms with van der Waals surface area (Å²) in [7, 11) is 0. The normalized spacial score (nSPS) is 12.0. The van der Waals surface area contributed by atoms with Crippen LogP contribution in [0.15, 0.2) is 36.5 Å². The lowest BCUT2D eigenvalue weighted by Crippen LogP contribution is -2.15. The van der Waals surface area contributed by atoms with Crippen LogP contribution in [0, 0.1) is 6.92 Å². The van der Waals surface area contributed by atoms with Gasteiger partial charge in [-0.2, -0.15) is 18.3 Å². The molecule has 0 bridgehead atoms. The lowest BCUT2D eigenvalue weighted by molar-refractivity contribution is -0.142. The van der Waals surface area contributed by atoms with Crippen LogP contribution in [0.2, 0.25) is 0 Å². The van der Waals surface area contributed by atoms with E-state index in [1.54, 1.807) is 38.1 Å². The van der Waals surface area contributed by atoms with E-state index in [0.29, 0.717) is 10.1 Å². The molecule has 5 nitrogen and oxygen atoms in total. The van der Waals surface area contributed by atoms with E-state index in [1.165, 1.54) is 0 Å². The van der Waals surface area contributed by atoms with Crippen LogP contribution >= 0.6 is 0 Å². The van der Waals surface area contributed by atoms with E-state index in [1.807, 2.05) is 6.92 Å². The molecular formula is C18H16F3N3O2. The Morgan fingerprint density at radius 1 is 1.19 bits per heavy atom. The number of hydrogen-bond acceptors (Lipinski definition) is 4. The van der Waals surface area contributed by atoms with Gasteiger partial charge in [-0.15, -0.1) is 0 Å². The van der Waals surface area contributed by atoms with E-state index in [-0.39, 0.29) is 16.9 Å². The summed E-state index contributed by atoms with van der Waals surface area (Å²) in [4.78, 5) is 16.4. The van der Waals surface area contributed by atoms with Gasteiger partial charge in [-0.25, -0.2) is 14.3 Å². The van der Waals surface area contributed by atoms with Crippen LogP contribution in [0.1, 0.15) is 35.5 Å². The first-order valence-electron chi connectivity index (χ1n) is 7.91. The summed E-state index contributed by atoms with van der Waals surface area (Å²) in [5.41, 5.74) is 0.259. The summed E-state index contributed by atoms with van der Waals surface area (Å²) in [5, 5.41) is 3.70. The summed E-state index contributed by atoms with van der Waals surface area (Å²) < 4.78 is 46.2. The molecule has 136 valence electrons. The number of fused-ring (bicyclic) bond motifs is 1. The SMILES string of the molecule is Cc1ccc(-c2cc(C(F)(F)F)n3ncc(C(=O)OC(C)C)c3n2)cc1. The van der Waals surface area contributed by atoms with E-state index in [9.17, 15) is 18.0 Å². The number of benzene rings is 1. The first-order valence-corrected chi connectivity index (χ1v) is 7.91. The van der Waals surface area contributed by atoms with Crippen LogP contribution in [0.5, 0.6) is 0 Å². The second-order valence-electron chi connectivity index (χ2n) is 6.14. The lowest BCUT2D eigenvalue weighted by atomic mass is 10.1. The molecule has 0 spiro atoms. The lowest BCUT2D eigenvalue weighted by Gasteiger charge is -2.12. The molecule has 0 fully saturated rings. The molecule has 0 saturated heterocycles. The van der Waals surface area contributed by atoms with Crippen LogP contribution < -0.4 is 0 Å². The van der Waals surface area contributed by atoms with Crippen molar-refractivity contribution in [1.29, 1.82) is 0 Å². The quantitative estimate of drug-likeness (QED) is 0.652. The number of ether oxygens (including phenoxy) is 1. The van der Waals surface area contributed by atoms with Gasteiger partial charge >= 0.3 is 12.1 Å². The summed E-state index contributed by atoms with van der Waals surface area (Å²) in [5.74, 6) is -0.767. The van der Waals surface area contributed by atoms with Gasteiger partial charge in [0.05, 0.1) is 18.0 Å². The number of alkyl halides is 3. The van der Waals surface area contributed by atoms with Crippen molar-refractivity contribution in [3.8, 4) is 11.3 Å². The highest BCUT2D eigenvalue weighted by Gasteiger charge is 2.36. The van der Waals surface area contributed by atoms with E-state index < -0.39 is 23.9 Å². The van der Waals surface area contributed by atoms with Crippen molar-refractivity contribution in [3.05, 3.63) is 53.3 Å². The summed E-state index contributed by atoms with van der Waals surface area (Å²) in [6, 6.07) is 7.83. The van der Waals surface area contributed by atoms with E-state index in [2.05, 4.69) is 10.1 Å². The topological polar surface area (TPSA) is 56.5 Å². The second-order valence-corrected chi connectivity index (χ2v) is 6.14. The predicted octanol–water partition coefficient (Wildman–Crippen LogP) is 4.29. The average Bonchev–Trinajstić information content (AvgIpc) is 2.97. The zero-order valence-electron chi connectivity index (χ0n) is 14.3. The molecule has 0 N–H and O–H groups in total. The smallest absolute Gasteiger partial charge is 0.433 e. The fourth-order valence-electron chi connectivity index (χ4n) is 2.46. The van der Waals surface area contributed by atoms with E-state index in [4.69, 9.17) is 4.74 Å². The van der Waals surface area contributed by atoms with Gasteiger partial charge in [-0.05, 0) is 26.8 Å². The molecule has 0 saturated carbocycles. The number of aromatic nitrogens is 3. The molecule has 2 aromatic heterocycles. The third kappa shape index (κ3) is 3.40. The monoisotopic (exact) mass is 363 g/mol. The molecule has 0 amide bonds. The maximum absolute atomic E-state index is 13.5. The first kappa shape index (κ1) is 17.9. The Morgan fingerprint density at radius 3 is 2.42 bits per heavy atom. The minimum absolute atomic E-state index is 0.101. The summed E-state index contributed by atoms with van der Waals surface area (Å²) >= 11 is 0. The molecule has 2 heterocycles. The molecule has 0 atom stereocenters. The number of hydrogen-bond donors (Lipinski definition) is 0. The summed E-state index contributed by atoms with van der Waals surface area (Å²) in [6.45, 7) is 5.17. The van der Waals surface area contributed by atoms with Gasteiger partial charge in [-0.1, -0.05) is 29.8 Å².